The predicted octanol–water partition coefficient (Wildman–Crippen LogP) is 2.09. The fourth-order valence-electron chi connectivity index (χ4n) is 2.05. The van der Waals surface area contributed by atoms with E-state index < -0.39 is 7.12 Å². The van der Waals surface area contributed by atoms with Gasteiger partial charge in [0.25, 0.3) is 0 Å². The van der Waals surface area contributed by atoms with Crippen molar-refractivity contribution in [1.29, 1.82) is 0 Å². The Morgan fingerprint density at radius 1 is 1.21 bits per heavy atom. The second kappa shape index (κ2) is 4.89. The van der Waals surface area contributed by atoms with E-state index in [0.29, 0.717) is 0 Å². The van der Waals surface area contributed by atoms with Gasteiger partial charge in [-0.2, -0.15) is 0 Å². The summed E-state index contributed by atoms with van der Waals surface area (Å²) in [7, 11) is 1.28. The van der Waals surface area contributed by atoms with Gasteiger partial charge in [-0.25, -0.2) is 0 Å². The highest BCUT2D eigenvalue weighted by Gasteiger charge is 2.52. The Kier molecular flexibility index (Phi) is 3.73. The first-order chi connectivity index (χ1) is 8.78. The summed E-state index contributed by atoms with van der Waals surface area (Å²) in [5.41, 5.74) is 1.11. The molecule has 1 atom stereocenters. The zero-order chi connectivity index (χ0) is 14.3. The Balaban J connectivity index is 2.35. The molecule has 4 nitrogen and oxygen atoms in total. The minimum atomic E-state index is -0.397. The quantitative estimate of drug-likeness (QED) is 0.783. The molecule has 2 heterocycles. The van der Waals surface area contributed by atoms with Gasteiger partial charge in [0.1, 0.15) is 0 Å². The van der Waals surface area contributed by atoms with Gasteiger partial charge in [-0.15, -0.1) is 0 Å². The van der Waals surface area contributed by atoms with Gasteiger partial charge in [0.2, 0.25) is 0 Å². The summed E-state index contributed by atoms with van der Waals surface area (Å²) in [6.45, 7) is 10.1. The second-order valence-electron chi connectivity index (χ2n) is 5.94. The van der Waals surface area contributed by atoms with Gasteiger partial charge in [0.15, 0.2) is 0 Å². The molecule has 1 aliphatic rings. The molecule has 1 aliphatic heterocycles. The van der Waals surface area contributed by atoms with E-state index in [9.17, 15) is 0 Å². The van der Waals surface area contributed by atoms with Crippen LogP contribution in [-0.4, -0.2) is 30.4 Å². The normalized spacial score (nSPS) is 22.5. The zero-order valence-electron chi connectivity index (χ0n) is 12.6. The molecule has 0 bridgehead atoms. The molecular formula is C14H22BNO3. The Hall–Kier alpha value is -0.905. The molecule has 0 radical (unpaired) electrons. The highest BCUT2D eigenvalue weighted by molar-refractivity contribution is 6.62. The van der Waals surface area contributed by atoms with Gasteiger partial charge < -0.3 is 14.0 Å². The van der Waals surface area contributed by atoms with E-state index in [1.807, 2.05) is 46.8 Å². The molecule has 1 aromatic rings. The second-order valence-corrected chi connectivity index (χ2v) is 5.94. The lowest BCUT2D eigenvalue weighted by molar-refractivity contribution is 0.00578. The standard InChI is InChI=1S/C14H22BNO3/c1-10(17-6)12-11(8-7-9-16-12)15-18-13(2,3)14(4,5)19-15/h7-10H,1-6H3. The Morgan fingerprint density at radius 3 is 2.32 bits per heavy atom. The molecule has 1 aromatic heterocycles. The summed E-state index contributed by atoms with van der Waals surface area (Å²) in [4.78, 5) is 4.40. The van der Waals surface area contributed by atoms with E-state index in [-0.39, 0.29) is 17.3 Å². The molecule has 1 saturated heterocycles. The summed E-state index contributed by atoms with van der Waals surface area (Å²) in [5.74, 6) is 0. The van der Waals surface area contributed by atoms with Crippen LogP contribution >= 0.6 is 0 Å². The third kappa shape index (κ3) is 2.55. The smallest absolute Gasteiger partial charge is 0.399 e. The maximum Gasteiger partial charge on any atom is 0.496 e. The van der Waals surface area contributed by atoms with E-state index in [1.54, 1.807) is 13.3 Å². The Bertz CT molecular complexity index is 446. The van der Waals surface area contributed by atoms with Crippen LogP contribution < -0.4 is 5.46 Å². The van der Waals surface area contributed by atoms with Crippen LogP contribution in [-0.2, 0) is 14.0 Å². The lowest BCUT2D eigenvalue weighted by atomic mass is 9.77. The van der Waals surface area contributed by atoms with E-state index in [1.165, 1.54) is 0 Å². The van der Waals surface area contributed by atoms with Gasteiger partial charge in [-0.1, -0.05) is 6.07 Å². The topological polar surface area (TPSA) is 40.6 Å². The van der Waals surface area contributed by atoms with Crippen molar-refractivity contribution in [2.45, 2.75) is 51.9 Å². The van der Waals surface area contributed by atoms with Crippen molar-refractivity contribution in [3.63, 3.8) is 0 Å². The summed E-state index contributed by atoms with van der Waals surface area (Å²) in [5, 5.41) is 0. The fourth-order valence-corrected chi connectivity index (χ4v) is 2.05. The van der Waals surface area contributed by atoms with E-state index >= 15 is 0 Å². The molecule has 0 aliphatic carbocycles. The third-order valence-electron chi connectivity index (χ3n) is 4.12. The molecule has 0 amide bonds. The maximum absolute atomic E-state index is 6.07. The van der Waals surface area contributed by atoms with Crippen molar-refractivity contribution in [3.8, 4) is 0 Å². The van der Waals surface area contributed by atoms with Crippen LogP contribution in [0, 0.1) is 0 Å². The molecule has 0 aromatic carbocycles. The largest absolute Gasteiger partial charge is 0.496 e. The molecule has 1 unspecified atom stereocenters. The number of ether oxygens (including phenoxy) is 1. The van der Waals surface area contributed by atoms with Crippen LogP contribution in [0.3, 0.4) is 0 Å². The van der Waals surface area contributed by atoms with Gasteiger partial charge in [-0.05, 0) is 40.7 Å². The fraction of sp³-hybridized carbons (Fsp3) is 0.643. The Morgan fingerprint density at radius 2 is 1.79 bits per heavy atom. The molecule has 0 spiro atoms. The number of hydrogen-bond donors (Lipinski definition) is 0. The molecular weight excluding hydrogens is 241 g/mol. The van der Waals surface area contributed by atoms with Crippen LogP contribution in [0.25, 0.3) is 0 Å². The van der Waals surface area contributed by atoms with Crippen LogP contribution in [0.4, 0.5) is 0 Å². The van der Waals surface area contributed by atoms with Crippen molar-refractivity contribution in [2.75, 3.05) is 7.11 Å². The lowest BCUT2D eigenvalue weighted by Gasteiger charge is -2.32. The lowest BCUT2D eigenvalue weighted by Crippen LogP contribution is -2.41. The van der Waals surface area contributed by atoms with E-state index in [2.05, 4.69) is 4.98 Å². The van der Waals surface area contributed by atoms with E-state index in [0.717, 1.165) is 11.2 Å². The van der Waals surface area contributed by atoms with Crippen molar-refractivity contribution in [2.24, 2.45) is 0 Å². The van der Waals surface area contributed by atoms with Crippen molar-refractivity contribution in [3.05, 3.63) is 24.0 Å². The number of pyridine rings is 1. The summed E-state index contributed by atoms with van der Waals surface area (Å²) >= 11 is 0. The minimum absolute atomic E-state index is 0.0878. The first-order valence-corrected chi connectivity index (χ1v) is 6.62. The van der Waals surface area contributed by atoms with Crippen molar-refractivity contribution < 1.29 is 14.0 Å². The molecule has 2 rings (SSSR count). The van der Waals surface area contributed by atoms with Crippen LogP contribution in [0.5, 0.6) is 0 Å². The van der Waals surface area contributed by atoms with Gasteiger partial charge >= 0.3 is 7.12 Å². The van der Waals surface area contributed by atoms with Crippen LogP contribution in [0.2, 0.25) is 0 Å². The number of aromatic nitrogens is 1. The molecule has 0 saturated carbocycles. The summed E-state index contributed by atoms with van der Waals surface area (Å²) < 4.78 is 17.5. The highest BCUT2D eigenvalue weighted by atomic mass is 16.7. The van der Waals surface area contributed by atoms with Crippen LogP contribution in [0.15, 0.2) is 18.3 Å². The summed E-state index contributed by atoms with van der Waals surface area (Å²) in [6.07, 6.45) is 1.68. The van der Waals surface area contributed by atoms with Crippen molar-refractivity contribution in [1.82, 2.24) is 4.98 Å². The number of nitrogens with zero attached hydrogens (tertiary/aromatic N) is 1. The zero-order valence-corrected chi connectivity index (χ0v) is 12.6. The molecule has 5 heteroatoms. The van der Waals surface area contributed by atoms with E-state index in [4.69, 9.17) is 14.0 Å². The van der Waals surface area contributed by atoms with Crippen molar-refractivity contribution >= 4 is 12.6 Å². The maximum atomic E-state index is 6.07. The average Bonchev–Trinajstić information content (AvgIpc) is 2.57. The number of hydrogen-bond acceptors (Lipinski definition) is 4. The predicted molar refractivity (Wildman–Crippen MR) is 75.4 cm³/mol. The molecule has 104 valence electrons. The minimum Gasteiger partial charge on any atom is -0.399 e. The summed E-state index contributed by atoms with van der Waals surface area (Å²) in [6, 6.07) is 3.88. The Labute approximate surface area is 115 Å². The SMILES string of the molecule is COC(C)c1ncccc1B1OC(C)(C)C(C)(C)O1. The average molecular weight is 263 g/mol. The number of methoxy groups -OCH3 is 1. The third-order valence-corrected chi connectivity index (χ3v) is 4.12. The monoisotopic (exact) mass is 263 g/mol. The first kappa shape index (κ1) is 14.5. The number of rotatable bonds is 3. The molecule has 1 fully saturated rings. The van der Waals surface area contributed by atoms with Gasteiger partial charge in [-0.3, -0.25) is 4.98 Å². The van der Waals surface area contributed by atoms with Gasteiger partial charge in [0, 0.05) is 18.8 Å². The molecule has 0 N–H and O–H groups in total. The highest BCUT2D eigenvalue weighted by Crippen LogP contribution is 2.36. The first-order valence-electron chi connectivity index (χ1n) is 6.62. The van der Waals surface area contributed by atoms with Gasteiger partial charge in [0.05, 0.1) is 23.0 Å². The van der Waals surface area contributed by atoms with Crippen LogP contribution in [0.1, 0.15) is 46.4 Å². The molecule has 19 heavy (non-hydrogen) atoms.